The van der Waals surface area contributed by atoms with E-state index in [9.17, 15) is 19.8 Å². The van der Waals surface area contributed by atoms with Gasteiger partial charge in [0.05, 0.1) is 11.0 Å². The number of fused-ring (bicyclic) bond motifs is 2. The Morgan fingerprint density at radius 1 is 0.828 bits per heavy atom. The number of rotatable bonds is 4. The van der Waals surface area contributed by atoms with Crippen LogP contribution in [0.4, 0.5) is 11.4 Å². The Morgan fingerprint density at radius 3 is 2.38 bits per heavy atom. The SMILES string of the molecule is O=C(O)c1ccc2cccc(/N=N/c3c(C(=O)O)nc4ccccc4c3O)c2n1. The highest BCUT2D eigenvalue weighted by atomic mass is 16.4. The van der Waals surface area contributed by atoms with Crippen molar-refractivity contribution >= 4 is 45.1 Å². The molecule has 0 aliphatic heterocycles. The molecule has 0 bridgehead atoms. The minimum absolute atomic E-state index is 0.165. The van der Waals surface area contributed by atoms with E-state index in [1.165, 1.54) is 6.07 Å². The first kappa shape index (κ1) is 18.0. The third-order valence-corrected chi connectivity index (χ3v) is 4.22. The smallest absolute Gasteiger partial charge is 0.357 e. The van der Waals surface area contributed by atoms with E-state index in [1.807, 2.05) is 0 Å². The summed E-state index contributed by atoms with van der Waals surface area (Å²) < 4.78 is 0. The van der Waals surface area contributed by atoms with Crippen molar-refractivity contribution in [1.29, 1.82) is 0 Å². The van der Waals surface area contributed by atoms with Crippen LogP contribution in [0, 0.1) is 0 Å². The number of nitrogens with zero attached hydrogens (tertiary/aromatic N) is 4. The third-order valence-electron chi connectivity index (χ3n) is 4.22. The highest BCUT2D eigenvalue weighted by Crippen LogP contribution is 2.38. The van der Waals surface area contributed by atoms with Crippen LogP contribution in [0.2, 0.25) is 0 Å². The molecule has 29 heavy (non-hydrogen) atoms. The van der Waals surface area contributed by atoms with Gasteiger partial charge in [-0.25, -0.2) is 19.6 Å². The Hall–Kier alpha value is -4.40. The van der Waals surface area contributed by atoms with E-state index in [1.54, 1.807) is 48.5 Å². The minimum atomic E-state index is -1.37. The molecule has 0 saturated carbocycles. The Morgan fingerprint density at radius 2 is 1.62 bits per heavy atom. The van der Waals surface area contributed by atoms with Gasteiger partial charge in [0.15, 0.2) is 17.1 Å². The predicted molar refractivity (Wildman–Crippen MR) is 103 cm³/mol. The highest BCUT2D eigenvalue weighted by molar-refractivity contribution is 6.00. The second kappa shape index (κ2) is 6.97. The number of carboxylic acids is 2. The number of hydrogen-bond acceptors (Lipinski definition) is 7. The molecule has 0 saturated heterocycles. The van der Waals surface area contributed by atoms with Crippen molar-refractivity contribution in [2.75, 3.05) is 0 Å². The number of para-hydroxylation sites is 2. The van der Waals surface area contributed by atoms with Gasteiger partial charge in [0.25, 0.3) is 0 Å². The lowest BCUT2D eigenvalue weighted by Gasteiger charge is -2.07. The van der Waals surface area contributed by atoms with Crippen molar-refractivity contribution < 1.29 is 24.9 Å². The number of aromatic nitrogens is 2. The summed E-state index contributed by atoms with van der Waals surface area (Å²) in [6.07, 6.45) is 0. The van der Waals surface area contributed by atoms with Crippen molar-refractivity contribution in [3.05, 3.63) is 66.0 Å². The van der Waals surface area contributed by atoms with Crippen LogP contribution < -0.4 is 0 Å². The van der Waals surface area contributed by atoms with E-state index in [4.69, 9.17) is 5.11 Å². The van der Waals surface area contributed by atoms with Gasteiger partial charge in [0, 0.05) is 10.8 Å². The summed E-state index contributed by atoms with van der Waals surface area (Å²) >= 11 is 0. The second-order valence-corrected chi connectivity index (χ2v) is 6.03. The summed E-state index contributed by atoms with van der Waals surface area (Å²) in [6, 6.07) is 14.4. The van der Waals surface area contributed by atoms with Crippen molar-refractivity contribution in [2.24, 2.45) is 10.2 Å². The van der Waals surface area contributed by atoms with Gasteiger partial charge in [-0.3, -0.25) is 0 Å². The van der Waals surface area contributed by atoms with E-state index < -0.39 is 17.6 Å². The Bertz CT molecular complexity index is 1330. The molecule has 0 fully saturated rings. The molecule has 2 aromatic heterocycles. The van der Waals surface area contributed by atoms with Crippen LogP contribution in [0.3, 0.4) is 0 Å². The maximum atomic E-state index is 11.6. The Kier molecular flexibility index (Phi) is 4.32. The molecule has 4 rings (SSSR count). The van der Waals surface area contributed by atoms with E-state index in [-0.39, 0.29) is 28.3 Å². The van der Waals surface area contributed by atoms with Gasteiger partial charge in [0.1, 0.15) is 11.4 Å². The molecular formula is C20H12N4O5. The normalized spacial score (nSPS) is 11.3. The molecule has 142 valence electrons. The van der Waals surface area contributed by atoms with Crippen LogP contribution in [-0.2, 0) is 0 Å². The van der Waals surface area contributed by atoms with Crippen molar-refractivity contribution in [3.8, 4) is 5.75 Å². The number of aromatic carboxylic acids is 2. The van der Waals surface area contributed by atoms with Gasteiger partial charge in [-0.1, -0.05) is 30.3 Å². The number of aromatic hydroxyl groups is 1. The van der Waals surface area contributed by atoms with Gasteiger partial charge in [-0.15, -0.1) is 10.2 Å². The molecule has 0 amide bonds. The zero-order valence-corrected chi connectivity index (χ0v) is 14.6. The average Bonchev–Trinajstić information content (AvgIpc) is 2.72. The van der Waals surface area contributed by atoms with Gasteiger partial charge in [0.2, 0.25) is 0 Å². The van der Waals surface area contributed by atoms with Crippen LogP contribution >= 0.6 is 0 Å². The molecule has 0 radical (unpaired) electrons. The maximum Gasteiger partial charge on any atom is 0.357 e. The Balaban J connectivity index is 1.90. The lowest BCUT2D eigenvalue weighted by atomic mass is 10.1. The number of carbonyl (C=O) groups is 2. The number of pyridine rings is 2. The highest BCUT2D eigenvalue weighted by Gasteiger charge is 2.20. The molecular weight excluding hydrogens is 376 g/mol. The number of carboxylic acid groups (broad SMARTS) is 2. The van der Waals surface area contributed by atoms with E-state index in [0.29, 0.717) is 16.3 Å². The van der Waals surface area contributed by atoms with Gasteiger partial charge in [-0.2, -0.15) is 0 Å². The van der Waals surface area contributed by atoms with Crippen molar-refractivity contribution in [1.82, 2.24) is 9.97 Å². The largest absolute Gasteiger partial charge is 0.505 e. The first-order valence-electron chi connectivity index (χ1n) is 8.35. The zero-order chi connectivity index (χ0) is 20.5. The summed E-state index contributed by atoms with van der Waals surface area (Å²) in [6.45, 7) is 0. The summed E-state index contributed by atoms with van der Waals surface area (Å²) in [5, 5.41) is 38.1. The van der Waals surface area contributed by atoms with Crippen molar-refractivity contribution in [3.63, 3.8) is 0 Å². The summed E-state index contributed by atoms with van der Waals surface area (Å²) in [7, 11) is 0. The predicted octanol–water partition coefficient (Wildman–Crippen LogP) is 4.30. The second-order valence-electron chi connectivity index (χ2n) is 6.03. The van der Waals surface area contributed by atoms with Gasteiger partial charge >= 0.3 is 11.9 Å². The van der Waals surface area contributed by atoms with E-state index >= 15 is 0 Å². The topological polar surface area (TPSA) is 145 Å². The van der Waals surface area contributed by atoms with Gasteiger partial charge < -0.3 is 15.3 Å². The lowest BCUT2D eigenvalue weighted by Crippen LogP contribution is -2.01. The molecule has 3 N–H and O–H groups in total. The van der Waals surface area contributed by atoms with E-state index in [2.05, 4.69) is 20.2 Å². The average molecular weight is 388 g/mol. The fourth-order valence-electron chi connectivity index (χ4n) is 2.86. The fourth-order valence-corrected chi connectivity index (χ4v) is 2.86. The number of azo groups is 1. The summed E-state index contributed by atoms with van der Waals surface area (Å²) in [5.74, 6) is -2.93. The number of hydrogen-bond donors (Lipinski definition) is 3. The molecule has 0 atom stereocenters. The molecule has 9 nitrogen and oxygen atoms in total. The third kappa shape index (κ3) is 3.21. The lowest BCUT2D eigenvalue weighted by molar-refractivity contribution is 0.0680. The van der Waals surface area contributed by atoms with Crippen LogP contribution in [0.25, 0.3) is 21.8 Å². The molecule has 9 heteroatoms. The molecule has 0 aliphatic carbocycles. The molecule has 0 unspecified atom stereocenters. The molecule has 4 aromatic rings. The quantitative estimate of drug-likeness (QED) is 0.442. The van der Waals surface area contributed by atoms with Crippen LogP contribution in [0.1, 0.15) is 21.0 Å². The molecule has 0 aliphatic rings. The summed E-state index contributed by atoms with van der Waals surface area (Å²) in [5.41, 5.74) is -0.122. The Labute approximate surface area is 162 Å². The first-order chi connectivity index (χ1) is 14.0. The first-order valence-corrected chi connectivity index (χ1v) is 8.35. The minimum Gasteiger partial charge on any atom is -0.505 e. The standard InChI is InChI=1S/C20H12N4O5/c25-18-11-5-1-2-6-12(11)21-17(20(28)29)16(18)24-23-13-7-3-4-10-8-9-14(19(26)27)22-15(10)13/h1-9H,(H,21,25)(H,26,27)(H,28,29)/b24-23+. The van der Waals surface area contributed by atoms with Gasteiger partial charge in [-0.05, 0) is 24.3 Å². The fraction of sp³-hybridized carbons (Fsp3) is 0. The van der Waals surface area contributed by atoms with Crippen LogP contribution in [0.15, 0.2) is 64.8 Å². The summed E-state index contributed by atoms with van der Waals surface area (Å²) in [4.78, 5) is 30.9. The molecule has 0 spiro atoms. The van der Waals surface area contributed by atoms with Crippen molar-refractivity contribution in [2.45, 2.75) is 0 Å². The molecule has 2 aromatic carbocycles. The maximum absolute atomic E-state index is 11.6. The monoisotopic (exact) mass is 388 g/mol. The zero-order valence-electron chi connectivity index (χ0n) is 14.6. The van der Waals surface area contributed by atoms with Crippen LogP contribution in [0.5, 0.6) is 5.75 Å². The molecule has 2 heterocycles. The van der Waals surface area contributed by atoms with Crippen LogP contribution in [-0.4, -0.2) is 37.2 Å². The number of benzene rings is 2. The van der Waals surface area contributed by atoms with E-state index in [0.717, 1.165) is 0 Å².